The molecule has 0 radical (unpaired) electrons. The van der Waals surface area contributed by atoms with Gasteiger partial charge in [0.25, 0.3) is 0 Å². The van der Waals surface area contributed by atoms with E-state index in [0.29, 0.717) is 13.2 Å². The van der Waals surface area contributed by atoms with Gasteiger partial charge in [0.15, 0.2) is 6.29 Å². The third kappa shape index (κ3) is 2.43. The van der Waals surface area contributed by atoms with Crippen LogP contribution in [0.4, 0.5) is 8.78 Å². The molecule has 1 heterocycles. The summed E-state index contributed by atoms with van der Waals surface area (Å²) in [7, 11) is 0. The molecule has 0 saturated carbocycles. The number of nitrogens with zero attached hydrogens (tertiary/aromatic N) is 1. The molecular weight excluding hydrogens is 228 g/mol. The van der Waals surface area contributed by atoms with Gasteiger partial charge in [-0.05, 0) is 12.1 Å². The molecule has 3 nitrogen and oxygen atoms in total. The van der Waals surface area contributed by atoms with Gasteiger partial charge in [0.05, 0.1) is 13.2 Å². The number of hydrogen-bond donors (Lipinski definition) is 0. The monoisotopic (exact) mass is 239 g/mol. The highest BCUT2D eigenvalue weighted by molar-refractivity contribution is 5.35. The molecule has 1 saturated heterocycles. The van der Waals surface area contributed by atoms with Crippen molar-refractivity contribution in [2.45, 2.75) is 13.2 Å². The van der Waals surface area contributed by atoms with Crippen LogP contribution in [-0.4, -0.2) is 13.2 Å². The van der Waals surface area contributed by atoms with Crippen molar-refractivity contribution in [1.82, 2.24) is 0 Å². The highest BCUT2D eigenvalue weighted by Gasteiger charge is 2.23. The fourth-order valence-electron chi connectivity index (χ4n) is 1.63. The first-order chi connectivity index (χ1) is 8.11. The van der Waals surface area contributed by atoms with Gasteiger partial charge in [0, 0.05) is 11.5 Å². The Hall–Kier alpha value is -1.51. The standard InChI is InChI=1S/C12H11F2NO2/c1-7-5-16-12(17-6-7)8-2-10(13)9(4-15)11(14)3-8/h2-3,7,12H,5-6H2,1H3. The third-order valence-corrected chi connectivity index (χ3v) is 2.51. The molecule has 0 atom stereocenters. The van der Waals surface area contributed by atoms with Crippen LogP contribution in [0, 0.1) is 28.9 Å². The van der Waals surface area contributed by atoms with E-state index in [1.54, 1.807) is 0 Å². The average molecular weight is 239 g/mol. The lowest BCUT2D eigenvalue weighted by atomic mass is 10.1. The van der Waals surface area contributed by atoms with E-state index >= 15 is 0 Å². The predicted molar refractivity (Wildman–Crippen MR) is 54.9 cm³/mol. The van der Waals surface area contributed by atoms with E-state index in [1.807, 2.05) is 6.92 Å². The Morgan fingerprint density at radius 1 is 1.24 bits per heavy atom. The van der Waals surface area contributed by atoms with Gasteiger partial charge >= 0.3 is 0 Å². The number of nitriles is 1. The normalized spacial score (nSPS) is 24.4. The van der Waals surface area contributed by atoms with Crippen LogP contribution in [0.25, 0.3) is 0 Å². The summed E-state index contributed by atoms with van der Waals surface area (Å²) >= 11 is 0. The zero-order valence-corrected chi connectivity index (χ0v) is 9.24. The first-order valence-electron chi connectivity index (χ1n) is 5.24. The van der Waals surface area contributed by atoms with Gasteiger partial charge < -0.3 is 9.47 Å². The maximum atomic E-state index is 13.4. The number of benzene rings is 1. The van der Waals surface area contributed by atoms with Crippen LogP contribution >= 0.6 is 0 Å². The van der Waals surface area contributed by atoms with Gasteiger partial charge in [-0.15, -0.1) is 0 Å². The molecule has 5 heteroatoms. The van der Waals surface area contributed by atoms with Crippen molar-refractivity contribution in [3.05, 3.63) is 34.9 Å². The lowest BCUT2D eigenvalue weighted by Gasteiger charge is -2.27. The van der Waals surface area contributed by atoms with E-state index in [4.69, 9.17) is 14.7 Å². The Morgan fingerprint density at radius 2 is 1.76 bits per heavy atom. The van der Waals surface area contributed by atoms with Crippen LogP contribution in [0.15, 0.2) is 12.1 Å². The summed E-state index contributed by atoms with van der Waals surface area (Å²) in [6.45, 7) is 2.91. The maximum absolute atomic E-state index is 13.4. The van der Waals surface area contributed by atoms with E-state index in [0.717, 1.165) is 12.1 Å². The SMILES string of the molecule is CC1COC(c2cc(F)c(C#N)c(F)c2)OC1. The minimum absolute atomic E-state index is 0.255. The second-order valence-corrected chi connectivity index (χ2v) is 4.08. The molecule has 0 bridgehead atoms. The van der Waals surface area contributed by atoms with Crippen LogP contribution in [0.3, 0.4) is 0 Å². The van der Waals surface area contributed by atoms with Crippen molar-refractivity contribution in [3.63, 3.8) is 0 Å². The number of hydrogen-bond acceptors (Lipinski definition) is 3. The van der Waals surface area contributed by atoms with Gasteiger partial charge in [0.1, 0.15) is 23.3 Å². The van der Waals surface area contributed by atoms with Crippen LogP contribution in [0.2, 0.25) is 0 Å². The van der Waals surface area contributed by atoms with Crippen molar-refractivity contribution in [1.29, 1.82) is 5.26 Å². The van der Waals surface area contributed by atoms with Crippen LogP contribution in [-0.2, 0) is 9.47 Å². The van der Waals surface area contributed by atoms with E-state index in [1.165, 1.54) is 6.07 Å². The second kappa shape index (κ2) is 4.78. The van der Waals surface area contributed by atoms with Crippen molar-refractivity contribution in [3.8, 4) is 6.07 Å². The highest BCUT2D eigenvalue weighted by Crippen LogP contribution is 2.27. The highest BCUT2D eigenvalue weighted by atomic mass is 19.1. The molecule has 0 N–H and O–H groups in total. The quantitative estimate of drug-likeness (QED) is 0.756. The van der Waals surface area contributed by atoms with Crippen molar-refractivity contribution in [2.24, 2.45) is 5.92 Å². The molecule has 0 aliphatic carbocycles. The fourth-order valence-corrected chi connectivity index (χ4v) is 1.63. The lowest BCUT2D eigenvalue weighted by Crippen LogP contribution is -2.25. The Bertz CT molecular complexity index is 439. The smallest absolute Gasteiger partial charge is 0.184 e. The third-order valence-electron chi connectivity index (χ3n) is 2.51. The van der Waals surface area contributed by atoms with Crippen molar-refractivity contribution >= 4 is 0 Å². The zero-order chi connectivity index (χ0) is 12.4. The predicted octanol–water partition coefficient (Wildman–Crippen LogP) is 2.52. The summed E-state index contributed by atoms with van der Waals surface area (Å²) in [6.07, 6.45) is -0.761. The molecular formula is C12H11F2NO2. The van der Waals surface area contributed by atoms with Crippen molar-refractivity contribution in [2.75, 3.05) is 13.2 Å². The Labute approximate surface area is 97.6 Å². The minimum Gasteiger partial charge on any atom is -0.348 e. The maximum Gasteiger partial charge on any atom is 0.184 e. The van der Waals surface area contributed by atoms with E-state index in [2.05, 4.69) is 0 Å². The minimum atomic E-state index is -0.895. The largest absolute Gasteiger partial charge is 0.348 e. The van der Waals surface area contributed by atoms with Gasteiger partial charge in [-0.1, -0.05) is 6.92 Å². The Balaban J connectivity index is 2.26. The molecule has 1 aromatic rings. The molecule has 0 aromatic heterocycles. The molecule has 0 spiro atoms. The van der Waals surface area contributed by atoms with Gasteiger partial charge in [-0.25, -0.2) is 8.78 Å². The molecule has 0 amide bonds. The summed E-state index contributed by atoms with van der Waals surface area (Å²) in [5.74, 6) is -1.53. The molecule has 1 aliphatic rings. The zero-order valence-electron chi connectivity index (χ0n) is 9.24. The van der Waals surface area contributed by atoms with E-state index in [-0.39, 0.29) is 11.5 Å². The first kappa shape index (κ1) is 12.0. The van der Waals surface area contributed by atoms with Crippen LogP contribution in [0.5, 0.6) is 0 Å². The number of halogens is 2. The summed E-state index contributed by atoms with van der Waals surface area (Å²) in [6, 6.07) is 3.61. The summed E-state index contributed by atoms with van der Waals surface area (Å²) in [4.78, 5) is 0. The molecule has 2 rings (SSSR count). The van der Waals surface area contributed by atoms with E-state index in [9.17, 15) is 8.78 Å². The lowest BCUT2D eigenvalue weighted by molar-refractivity contribution is -0.202. The number of ether oxygens (including phenoxy) is 2. The first-order valence-corrected chi connectivity index (χ1v) is 5.24. The van der Waals surface area contributed by atoms with Gasteiger partial charge in [0.2, 0.25) is 0 Å². The Kier molecular flexibility index (Phi) is 3.36. The molecule has 17 heavy (non-hydrogen) atoms. The van der Waals surface area contributed by atoms with Crippen molar-refractivity contribution < 1.29 is 18.3 Å². The van der Waals surface area contributed by atoms with E-state index < -0.39 is 23.5 Å². The molecule has 1 aliphatic heterocycles. The summed E-state index contributed by atoms with van der Waals surface area (Å²) in [5, 5.41) is 8.54. The fraction of sp³-hybridized carbons (Fsp3) is 0.417. The molecule has 1 fully saturated rings. The summed E-state index contributed by atoms with van der Waals surface area (Å²) < 4.78 is 37.4. The molecule has 1 aromatic carbocycles. The van der Waals surface area contributed by atoms with Gasteiger partial charge in [-0.2, -0.15) is 5.26 Å². The number of rotatable bonds is 1. The summed E-state index contributed by atoms with van der Waals surface area (Å²) in [5.41, 5.74) is -0.330. The molecule has 90 valence electrons. The molecule has 0 unspecified atom stereocenters. The van der Waals surface area contributed by atoms with Gasteiger partial charge in [-0.3, -0.25) is 0 Å². The average Bonchev–Trinajstić information content (AvgIpc) is 2.29. The van der Waals surface area contributed by atoms with Crippen LogP contribution in [0.1, 0.15) is 24.3 Å². The van der Waals surface area contributed by atoms with Crippen LogP contribution < -0.4 is 0 Å². The second-order valence-electron chi connectivity index (χ2n) is 4.08. The Morgan fingerprint density at radius 3 is 2.24 bits per heavy atom. The topological polar surface area (TPSA) is 42.2 Å².